The van der Waals surface area contributed by atoms with Gasteiger partial charge in [0.25, 0.3) is 0 Å². The second kappa shape index (κ2) is 5.60. The van der Waals surface area contributed by atoms with Gasteiger partial charge >= 0.3 is 5.97 Å². The van der Waals surface area contributed by atoms with E-state index in [1.54, 1.807) is 12.1 Å². The average Bonchev–Trinajstić information content (AvgIpc) is 2.28. The lowest BCUT2D eigenvalue weighted by atomic mass is 9.99. The molecule has 19 heavy (non-hydrogen) atoms. The highest BCUT2D eigenvalue weighted by molar-refractivity contribution is 5.92. The van der Waals surface area contributed by atoms with Gasteiger partial charge in [-0.2, -0.15) is 0 Å². The van der Waals surface area contributed by atoms with E-state index in [1.165, 1.54) is 13.2 Å². The third kappa shape index (κ3) is 4.17. The average molecular weight is 265 g/mol. The molecule has 0 atom stereocenters. The summed E-state index contributed by atoms with van der Waals surface area (Å²) in [4.78, 5) is 22.3. The Kier molecular flexibility index (Phi) is 4.37. The van der Waals surface area contributed by atoms with Gasteiger partial charge in [0.15, 0.2) is 0 Å². The van der Waals surface area contributed by atoms with Gasteiger partial charge in [-0.25, -0.2) is 4.79 Å². The lowest BCUT2D eigenvalue weighted by Crippen LogP contribution is -2.36. The first-order chi connectivity index (χ1) is 8.75. The molecule has 0 fully saturated rings. The summed E-state index contributed by atoms with van der Waals surface area (Å²) >= 11 is 0. The Morgan fingerprint density at radius 1 is 1.37 bits per heavy atom. The minimum Gasteiger partial charge on any atom is -0.465 e. The standard InChI is InChI=1S/C13H19N3O3/c1-13(2,7-11(15)17)16-10-5-4-8(6-9(10)14)12(18)19-3/h4-6,16H,7,14H2,1-3H3,(H2,15,17). The molecular weight excluding hydrogens is 246 g/mol. The van der Waals surface area contributed by atoms with Crippen LogP contribution in [0.5, 0.6) is 0 Å². The molecule has 0 radical (unpaired) electrons. The molecule has 5 N–H and O–H groups in total. The van der Waals surface area contributed by atoms with Crippen LogP contribution in [-0.4, -0.2) is 24.5 Å². The van der Waals surface area contributed by atoms with Crippen molar-refractivity contribution >= 4 is 23.3 Å². The van der Waals surface area contributed by atoms with E-state index in [9.17, 15) is 9.59 Å². The summed E-state index contributed by atoms with van der Waals surface area (Å²) in [5, 5.41) is 3.12. The molecule has 6 heteroatoms. The maximum Gasteiger partial charge on any atom is 0.337 e. The molecule has 0 aliphatic rings. The first-order valence-electron chi connectivity index (χ1n) is 5.79. The largest absolute Gasteiger partial charge is 0.465 e. The summed E-state index contributed by atoms with van der Waals surface area (Å²) in [5.41, 5.74) is 11.9. The fourth-order valence-corrected chi connectivity index (χ4v) is 1.77. The van der Waals surface area contributed by atoms with Crippen molar-refractivity contribution in [3.8, 4) is 0 Å². The van der Waals surface area contributed by atoms with Gasteiger partial charge < -0.3 is 21.5 Å². The van der Waals surface area contributed by atoms with Crippen LogP contribution < -0.4 is 16.8 Å². The summed E-state index contributed by atoms with van der Waals surface area (Å²) < 4.78 is 4.61. The summed E-state index contributed by atoms with van der Waals surface area (Å²) in [7, 11) is 1.31. The predicted octanol–water partition coefficient (Wildman–Crippen LogP) is 1.12. The lowest BCUT2D eigenvalue weighted by molar-refractivity contribution is -0.118. The van der Waals surface area contributed by atoms with Crippen molar-refractivity contribution in [2.75, 3.05) is 18.2 Å². The van der Waals surface area contributed by atoms with E-state index in [2.05, 4.69) is 10.1 Å². The van der Waals surface area contributed by atoms with Crippen LogP contribution in [-0.2, 0) is 9.53 Å². The predicted molar refractivity (Wildman–Crippen MR) is 73.7 cm³/mol. The number of nitrogens with two attached hydrogens (primary N) is 2. The van der Waals surface area contributed by atoms with Gasteiger partial charge in [0.1, 0.15) is 0 Å². The second-order valence-corrected chi connectivity index (χ2v) is 4.95. The molecule has 0 aliphatic carbocycles. The van der Waals surface area contributed by atoms with Gasteiger partial charge in [0, 0.05) is 12.0 Å². The number of carbonyl (C=O) groups is 2. The molecule has 1 aromatic carbocycles. The third-order valence-electron chi connectivity index (χ3n) is 2.56. The van der Waals surface area contributed by atoms with E-state index in [0.29, 0.717) is 16.9 Å². The Hall–Kier alpha value is -2.24. The number of hydrogen-bond donors (Lipinski definition) is 3. The van der Waals surface area contributed by atoms with E-state index in [-0.39, 0.29) is 6.42 Å². The number of amides is 1. The topological polar surface area (TPSA) is 107 Å². The highest BCUT2D eigenvalue weighted by atomic mass is 16.5. The Bertz CT molecular complexity index is 498. The van der Waals surface area contributed by atoms with Crippen LogP contribution in [0.2, 0.25) is 0 Å². The molecule has 0 saturated heterocycles. The highest BCUT2D eigenvalue weighted by Crippen LogP contribution is 2.25. The molecule has 0 bridgehead atoms. The number of hydrogen-bond acceptors (Lipinski definition) is 5. The zero-order valence-electron chi connectivity index (χ0n) is 11.3. The zero-order valence-corrected chi connectivity index (χ0v) is 11.3. The Morgan fingerprint density at radius 3 is 2.47 bits per heavy atom. The van der Waals surface area contributed by atoms with E-state index in [1.807, 2.05) is 13.8 Å². The number of primary amides is 1. The normalized spacial score (nSPS) is 10.9. The van der Waals surface area contributed by atoms with Crippen LogP contribution in [0.15, 0.2) is 18.2 Å². The Balaban J connectivity index is 2.91. The number of benzene rings is 1. The number of carbonyl (C=O) groups excluding carboxylic acids is 2. The molecule has 6 nitrogen and oxygen atoms in total. The van der Waals surface area contributed by atoms with E-state index in [0.717, 1.165) is 0 Å². The molecule has 1 aromatic rings. The Labute approximate surface area is 112 Å². The number of rotatable bonds is 5. The summed E-state index contributed by atoms with van der Waals surface area (Å²) in [6.07, 6.45) is 0.172. The molecule has 1 amide bonds. The van der Waals surface area contributed by atoms with Crippen molar-refractivity contribution in [1.82, 2.24) is 0 Å². The molecule has 0 unspecified atom stereocenters. The van der Waals surface area contributed by atoms with E-state index < -0.39 is 17.4 Å². The minimum atomic E-state index is -0.521. The number of nitrogen functional groups attached to an aromatic ring is 1. The summed E-state index contributed by atoms with van der Waals surface area (Å²) in [6, 6.07) is 4.80. The van der Waals surface area contributed by atoms with Crippen molar-refractivity contribution in [3.63, 3.8) is 0 Å². The van der Waals surface area contributed by atoms with Gasteiger partial charge in [0.2, 0.25) is 5.91 Å². The van der Waals surface area contributed by atoms with Crippen LogP contribution in [0.4, 0.5) is 11.4 Å². The molecular formula is C13H19N3O3. The zero-order chi connectivity index (χ0) is 14.6. The summed E-state index contributed by atoms with van der Waals surface area (Å²) in [5.74, 6) is -0.850. The fraction of sp³-hybridized carbons (Fsp3) is 0.385. The molecule has 104 valence electrons. The van der Waals surface area contributed by atoms with Gasteiger partial charge in [-0.1, -0.05) is 0 Å². The van der Waals surface area contributed by atoms with Crippen molar-refractivity contribution in [2.24, 2.45) is 5.73 Å². The Morgan fingerprint density at radius 2 is 2.00 bits per heavy atom. The number of nitrogens with one attached hydrogen (secondary N) is 1. The minimum absolute atomic E-state index is 0.172. The number of anilines is 2. The third-order valence-corrected chi connectivity index (χ3v) is 2.56. The van der Waals surface area contributed by atoms with Gasteiger partial charge in [-0.15, -0.1) is 0 Å². The molecule has 1 rings (SSSR count). The molecule has 0 spiro atoms. The maximum atomic E-state index is 11.3. The van der Waals surface area contributed by atoms with Crippen molar-refractivity contribution in [3.05, 3.63) is 23.8 Å². The number of ether oxygens (including phenoxy) is 1. The van der Waals surface area contributed by atoms with Crippen LogP contribution in [0.3, 0.4) is 0 Å². The summed E-state index contributed by atoms with van der Waals surface area (Å²) in [6.45, 7) is 3.68. The highest BCUT2D eigenvalue weighted by Gasteiger charge is 2.21. The fourth-order valence-electron chi connectivity index (χ4n) is 1.77. The van der Waals surface area contributed by atoms with Gasteiger partial charge in [-0.05, 0) is 32.0 Å². The van der Waals surface area contributed by atoms with Crippen LogP contribution in [0, 0.1) is 0 Å². The second-order valence-electron chi connectivity index (χ2n) is 4.95. The van der Waals surface area contributed by atoms with Gasteiger partial charge in [-0.3, -0.25) is 4.79 Å². The molecule has 0 aromatic heterocycles. The molecule has 0 saturated carbocycles. The van der Waals surface area contributed by atoms with Gasteiger partial charge in [0.05, 0.1) is 24.0 Å². The maximum absolute atomic E-state index is 11.3. The SMILES string of the molecule is COC(=O)c1ccc(NC(C)(C)CC(N)=O)c(N)c1. The molecule has 0 heterocycles. The lowest BCUT2D eigenvalue weighted by Gasteiger charge is -2.27. The first kappa shape index (κ1) is 14.8. The monoisotopic (exact) mass is 265 g/mol. The number of methoxy groups -OCH3 is 1. The van der Waals surface area contributed by atoms with Crippen LogP contribution >= 0.6 is 0 Å². The van der Waals surface area contributed by atoms with Crippen molar-refractivity contribution < 1.29 is 14.3 Å². The van der Waals surface area contributed by atoms with Crippen molar-refractivity contribution in [1.29, 1.82) is 0 Å². The van der Waals surface area contributed by atoms with E-state index in [4.69, 9.17) is 11.5 Å². The number of esters is 1. The quantitative estimate of drug-likeness (QED) is 0.546. The van der Waals surface area contributed by atoms with Crippen molar-refractivity contribution in [2.45, 2.75) is 25.8 Å². The first-order valence-corrected chi connectivity index (χ1v) is 5.79. The van der Waals surface area contributed by atoms with E-state index >= 15 is 0 Å². The smallest absolute Gasteiger partial charge is 0.337 e. The molecule has 0 aliphatic heterocycles. The van der Waals surface area contributed by atoms with Crippen LogP contribution in [0.25, 0.3) is 0 Å². The van der Waals surface area contributed by atoms with Crippen LogP contribution in [0.1, 0.15) is 30.6 Å².